The second kappa shape index (κ2) is 4.06. The zero-order chi connectivity index (χ0) is 11.8. The minimum atomic E-state index is -0.185. The Morgan fingerprint density at radius 3 is 2.82 bits per heavy atom. The third-order valence-electron chi connectivity index (χ3n) is 3.62. The smallest absolute Gasteiger partial charge is 0.338 e. The molecule has 3 heteroatoms. The van der Waals surface area contributed by atoms with Gasteiger partial charge < -0.3 is 9.64 Å². The first-order valence-electron chi connectivity index (χ1n) is 6.37. The number of ether oxygens (including phenoxy) is 1. The van der Waals surface area contributed by atoms with E-state index in [0.29, 0.717) is 6.61 Å². The van der Waals surface area contributed by atoms with Crippen molar-refractivity contribution < 1.29 is 9.53 Å². The average Bonchev–Trinajstić information content (AvgIpc) is 2.75. The lowest BCUT2D eigenvalue weighted by Gasteiger charge is -2.27. The van der Waals surface area contributed by atoms with Crippen LogP contribution >= 0.6 is 0 Å². The largest absolute Gasteiger partial charge is 0.462 e. The zero-order valence-corrected chi connectivity index (χ0v) is 10.2. The van der Waals surface area contributed by atoms with Crippen molar-refractivity contribution in [3.8, 4) is 0 Å². The average molecular weight is 231 g/mol. The van der Waals surface area contributed by atoms with Gasteiger partial charge in [0.15, 0.2) is 0 Å². The van der Waals surface area contributed by atoms with Gasteiger partial charge in [0.25, 0.3) is 0 Å². The first kappa shape index (κ1) is 10.6. The molecular weight excluding hydrogens is 214 g/mol. The molecule has 0 aromatic heterocycles. The van der Waals surface area contributed by atoms with Gasteiger partial charge in [-0.05, 0) is 49.4 Å². The fourth-order valence-electron chi connectivity index (χ4n) is 2.93. The quantitative estimate of drug-likeness (QED) is 0.731. The Balaban J connectivity index is 2.02. The summed E-state index contributed by atoms with van der Waals surface area (Å²) in [5.74, 6) is -0.185. The highest BCUT2D eigenvalue weighted by Gasteiger charge is 2.27. The van der Waals surface area contributed by atoms with Gasteiger partial charge in [-0.25, -0.2) is 4.79 Å². The highest BCUT2D eigenvalue weighted by atomic mass is 16.5. The Bertz CT molecular complexity index is 468. The van der Waals surface area contributed by atoms with E-state index in [1.165, 1.54) is 29.8 Å². The lowest BCUT2D eigenvalue weighted by Crippen LogP contribution is -2.26. The standard InChI is InChI=1S/C14H17NO2/c1-2-17-14(16)12-8-10-4-3-6-15-7-5-11(9-12)13(10)15/h8-9H,2-7H2,1H3. The lowest BCUT2D eigenvalue weighted by atomic mass is 9.97. The molecule has 2 heterocycles. The normalized spacial score (nSPS) is 16.9. The van der Waals surface area contributed by atoms with Crippen molar-refractivity contribution in [3.05, 3.63) is 28.8 Å². The third-order valence-corrected chi connectivity index (χ3v) is 3.62. The van der Waals surface area contributed by atoms with Crippen LogP contribution in [-0.4, -0.2) is 25.7 Å². The number of hydrogen-bond donors (Lipinski definition) is 0. The number of benzene rings is 1. The zero-order valence-electron chi connectivity index (χ0n) is 10.2. The molecule has 0 fully saturated rings. The Morgan fingerprint density at radius 1 is 1.29 bits per heavy atom. The molecule has 0 radical (unpaired) electrons. The molecule has 0 spiro atoms. The highest BCUT2D eigenvalue weighted by Crippen LogP contribution is 2.36. The summed E-state index contributed by atoms with van der Waals surface area (Å²) in [4.78, 5) is 14.2. The van der Waals surface area contributed by atoms with E-state index >= 15 is 0 Å². The maximum atomic E-state index is 11.8. The van der Waals surface area contributed by atoms with E-state index in [9.17, 15) is 4.79 Å². The molecule has 90 valence electrons. The van der Waals surface area contributed by atoms with Crippen LogP contribution in [-0.2, 0) is 17.6 Å². The number of carbonyl (C=O) groups is 1. The Hall–Kier alpha value is -1.51. The van der Waals surface area contributed by atoms with E-state index in [2.05, 4.69) is 4.90 Å². The van der Waals surface area contributed by atoms with Crippen molar-refractivity contribution in [2.24, 2.45) is 0 Å². The van der Waals surface area contributed by atoms with Crippen LogP contribution in [0.2, 0.25) is 0 Å². The van der Waals surface area contributed by atoms with Crippen LogP contribution < -0.4 is 4.90 Å². The van der Waals surface area contributed by atoms with Crippen molar-refractivity contribution in [3.63, 3.8) is 0 Å². The van der Waals surface area contributed by atoms with E-state index < -0.39 is 0 Å². The van der Waals surface area contributed by atoms with Gasteiger partial charge in [0, 0.05) is 18.8 Å². The van der Waals surface area contributed by atoms with Gasteiger partial charge in [-0.3, -0.25) is 0 Å². The third kappa shape index (κ3) is 1.70. The van der Waals surface area contributed by atoms with Crippen LogP contribution in [0, 0.1) is 0 Å². The van der Waals surface area contributed by atoms with Gasteiger partial charge in [-0.2, -0.15) is 0 Å². The summed E-state index contributed by atoms with van der Waals surface area (Å²) in [5.41, 5.74) is 4.77. The molecule has 17 heavy (non-hydrogen) atoms. The number of anilines is 1. The van der Waals surface area contributed by atoms with Crippen LogP contribution in [0.4, 0.5) is 5.69 Å². The van der Waals surface area contributed by atoms with Crippen LogP contribution in [0.25, 0.3) is 0 Å². The minimum absolute atomic E-state index is 0.185. The molecule has 1 aromatic carbocycles. The maximum absolute atomic E-state index is 11.8. The number of aryl methyl sites for hydroxylation is 1. The number of carbonyl (C=O) groups excluding carboxylic acids is 1. The van der Waals surface area contributed by atoms with Crippen LogP contribution in [0.5, 0.6) is 0 Å². The van der Waals surface area contributed by atoms with Gasteiger partial charge in [0.05, 0.1) is 12.2 Å². The molecule has 0 bridgehead atoms. The molecule has 1 aromatic rings. The molecule has 2 aliphatic rings. The van der Waals surface area contributed by atoms with Crippen molar-refractivity contribution in [1.29, 1.82) is 0 Å². The first-order valence-corrected chi connectivity index (χ1v) is 6.37. The highest BCUT2D eigenvalue weighted by molar-refractivity contribution is 5.91. The summed E-state index contributed by atoms with van der Waals surface area (Å²) in [7, 11) is 0. The van der Waals surface area contributed by atoms with Gasteiger partial charge in [-0.1, -0.05) is 0 Å². The van der Waals surface area contributed by atoms with E-state index in [1.807, 2.05) is 19.1 Å². The van der Waals surface area contributed by atoms with Gasteiger partial charge in [0.1, 0.15) is 0 Å². The summed E-state index contributed by atoms with van der Waals surface area (Å²) >= 11 is 0. The molecule has 0 saturated carbocycles. The predicted octanol–water partition coefficient (Wildman–Crippen LogP) is 2.17. The molecule has 0 N–H and O–H groups in total. The van der Waals surface area contributed by atoms with E-state index in [0.717, 1.165) is 24.9 Å². The van der Waals surface area contributed by atoms with Crippen LogP contribution in [0.15, 0.2) is 12.1 Å². The molecule has 0 atom stereocenters. The summed E-state index contributed by atoms with van der Waals surface area (Å²) in [6.45, 7) is 4.56. The SMILES string of the molecule is CCOC(=O)c1cc2c3c(c1)CCN3CCC2. The van der Waals surface area contributed by atoms with E-state index in [-0.39, 0.29) is 5.97 Å². The van der Waals surface area contributed by atoms with Gasteiger partial charge >= 0.3 is 5.97 Å². The molecule has 3 nitrogen and oxygen atoms in total. The minimum Gasteiger partial charge on any atom is -0.462 e. The molecular formula is C14H17NO2. The lowest BCUT2D eigenvalue weighted by molar-refractivity contribution is 0.0526. The van der Waals surface area contributed by atoms with Crippen molar-refractivity contribution in [2.75, 3.05) is 24.6 Å². The van der Waals surface area contributed by atoms with Gasteiger partial charge in [0.2, 0.25) is 0 Å². The fraction of sp³-hybridized carbons (Fsp3) is 0.500. The summed E-state index contributed by atoms with van der Waals surface area (Å²) in [6, 6.07) is 4.04. The molecule has 0 amide bonds. The van der Waals surface area contributed by atoms with E-state index in [1.54, 1.807) is 0 Å². The molecule has 0 unspecified atom stereocenters. The van der Waals surface area contributed by atoms with Crippen LogP contribution in [0.3, 0.4) is 0 Å². The number of hydrogen-bond acceptors (Lipinski definition) is 3. The van der Waals surface area contributed by atoms with Crippen LogP contribution in [0.1, 0.15) is 34.8 Å². The fourth-order valence-corrected chi connectivity index (χ4v) is 2.93. The second-order valence-corrected chi connectivity index (χ2v) is 4.70. The summed E-state index contributed by atoms with van der Waals surface area (Å²) in [5, 5.41) is 0. The number of esters is 1. The monoisotopic (exact) mass is 231 g/mol. The second-order valence-electron chi connectivity index (χ2n) is 4.70. The van der Waals surface area contributed by atoms with Crippen molar-refractivity contribution in [1.82, 2.24) is 0 Å². The van der Waals surface area contributed by atoms with Crippen molar-refractivity contribution >= 4 is 11.7 Å². The molecule has 0 saturated heterocycles. The maximum Gasteiger partial charge on any atom is 0.338 e. The molecule has 2 aliphatic heterocycles. The Labute approximate surface area is 101 Å². The predicted molar refractivity (Wildman–Crippen MR) is 66.6 cm³/mol. The van der Waals surface area contributed by atoms with Gasteiger partial charge in [-0.15, -0.1) is 0 Å². The van der Waals surface area contributed by atoms with E-state index in [4.69, 9.17) is 4.74 Å². The summed E-state index contributed by atoms with van der Waals surface area (Å²) in [6.07, 6.45) is 3.35. The molecule has 0 aliphatic carbocycles. The number of nitrogens with zero attached hydrogens (tertiary/aromatic N) is 1. The van der Waals surface area contributed by atoms with Crippen molar-refractivity contribution in [2.45, 2.75) is 26.2 Å². The topological polar surface area (TPSA) is 29.5 Å². The summed E-state index contributed by atoms with van der Waals surface area (Å²) < 4.78 is 5.08. The molecule has 3 rings (SSSR count). The Morgan fingerprint density at radius 2 is 2.06 bits per heavy atom. The number of rotatable bonds is 2. The Kier molecular flexibility index (Phi) is 2.54. The first-order chi connectivity index (χ1) is 8.29.